The molecule has 0 aliphatic rings. The molecule has 134 valence electrons. The van der Waals surface area contributed by atoms with Crippen molar-refractivity contribution in [2.24, 2.45) is 0 Å². The molecule has 8 heteroatoms. The van der Waals surface area contributed by atoms with Crippen molar-refractivity contribution in [3.05, 3.63) is 64.5 Å². The van der Waals surface area contributed by atoms with Gasteiger partial charge >= 0.3 is 5.97 Å². The second-order valence-electron chi connectivity index (χ2n) is 5.70. The van der Waals surface area contributed by atoms with Crippen molar-refractivity contribution in [1.82, 2.24) is 9.55 Å². The molecule has 0 aliphatic heterocycles. The van der Waals surface area contributed by atoms with Gasteiger partial charge in [-0.3, -0.25) is 14.2 Å². The van der Waals surface area contributed by atoms with E-state index in [1.54, 1.807) is 0 Å². The fourth-order valence-electron chi connectivity index (χ4n) is 2.61. The van der Waals surface area contributed by atoms with Crippen LogP contribution in [0.15, 0.2) is 47.4 Å². The third kappa shape index (κ3) is 3.21. The van der Waals surface area contributed by atoms with Gasteiger partial charge in [-0.05, 0) is 43.3 Å². The van der Waals surface area contributed by atoms with Crippen LogP contribution in [0.3, 0.4) is 0 Å². The zero-order valence-corrected chi connectivity index (χ0v) is 14.1. The molecule has 0 spiro atoms. The molecule has 3 rings (SSSR count). The molecule has 1 aromatic carbocycles. The molecule has 0 bridgehead atoms. The number of aromatic nitrogens is 2. The van der Waals surface area contributed by atoms with Crippen molar-refractivity contribution in [2.75, 3.05) is 12.4 Å². The van der Waals surface area contributed by atoms with Gasteiger partial charge in [0.15, 0.2) is 0 Å². The first-order valence-corrected chi connectivity index (χ1v) is 7.79. The van der Waals surface area contributed by atoms with E-state index < -0.39 is 29.3 Å². The number of hydrogen-bond donors (Lipinski definition) is 2. The Morgan fingerprint density at radius 3 is 2.77 bits per heavy atom. The lowest BCUT2D eigenvalue weighted by atomic mass is 10.2. The van der Waals surface area contributed by atoms with Crippen LogP contribution in [-0.2, 0) is 9.53 Å². The molecule has 3 aromatic rings. The van der Waals surface area contributed by atoms with Crippen LogP contribution >= 0.6 is 0 Å². The number of pyridine rings is 1. The van der Waals surface area contributed by atoms with Crippen LogP contribution in [-0.4, -0.2) is 28.5 Å². The lowest BCUT2D eigenvalue weighted by Crippen LogP contribution is -2.31. The number of rotatable bonds is 4. The number of nitrogens with zero attached hydrogens (tertiary/aromatic N) is 1. The molecule has 26 heavy (non-hydrogen) atoms. The van der Waals surface area contributed by atoms with Crippen molar-refractivity contribution in [3.8, 4) is 0 Å². The number of H-pyrrole nitrogens is 1. The van der Waals surface area contributed by atoms with Crippen molar-refractivity contribution in [2.45, 2.75) is 13.0 Å². The monoisotopic (exact) mass is 357 g/mol. The Hall–Kier alpha value is -3.42. The number of ether oxygens (including phenoxy) is 1. The first-order valence-electron chi connectivity index (χ1n) is 7.79. The van der Waals surface area contributed by atoms with Gasteiger partial charge < -0.3 is 15.0 Å². The average Bonchev–Trinajstić information content (AvgIpc) is 3.05. The second kappa shape index (κ2) is 6.83. The molecular weight excluding hydrogens is 341 g/mol. The first-order chi connectivity index (χ1) is 12.4. The number of esters is 1. The lowest BCUT2D eigenvalue weighted by molar-refractivity contribution is -0.144. The highest BCUT2D eigenvalue weighted by molar-refractivity contribution is 6.05. The van der Waals surface area contributed by atoms with Gasteiger partial charge in [0.1, 0.15) is 23.2 Å². The van der Waals surface area contributed by atoms with Gasteiger partial charge in [0.05, 0.1) is 7.11 Å². The lowest BCUT2D eigenvalue weighted by Gasteiger charge is -2.14. The highest BCUT2D eigenvalue weighted by Gasteiger charge is 2.19. The molecule has 1 unspecified atom stereocenters. The normalized spacial score (nSPS) is 12.0. The Balaban J connectivity index is 1.89. The summed E-state index contributed by atoms with van der Waals surface area (Å²) in [6.07, 6.45) is 1.44. The minimum atomic E-state index is -0.833. The van der Waals surface area contributed by atoms with Gasteiger partial charge in [0, 0.05) is 17.1 Å². The molecule has 7 nitrogen and oxygen atoms in total. The van der Waals surface area contributed by atoms with Crippen molar-refractivity contribution >= 4 is 28.5 Å². The van der Waals surface area contributed by atoms with Gasteiger partial charge in [-0.25, -0.2) is 9.18 Å². The predicted octanol–water partition coefficient (Wildman–Crippen LogP) is 2.46. The molecular formula is C18H16FN3O4. The molecule has 2 N–H and O–H groups in total. The number of halogens is 1. The minimum absolute atomic E-state index is 0.0121. The van der Waals surface area contributed by atoms with Crippen molar-refractivity contribution < 1.29 is 18.7 Å². The molecule has 1 amide bonds. The summed E-state index contributed by atoms with van der Waals surface area (Å²) in [7, 11) is 1.23. The summed E-state index contributed by atoms with van der Waals surface area (Å²) >= 11 is 0. The topological polar surface area (TPSA) is 93.2 Å². The van der Waals surface area contributed by atoms with E-state index in [1.165, 1.54) is 61.2 Å². The van der Waals surface area contributed by atoms with Gasteiger partial charge in [0.2, 0.25) is 0 Å². The zero-order chi connectivity index (χ0) is 18.8. The van der Waals surface area contributed by atoms with E-state index >= 15 is 0 Å². The largest absolute Gasteiger partial charge is 0.467 e. The van der Waals surface area contributed by atoms with Crippen LogP contribution in [0.1, 0.15) is 23.5 Å². The number of nitrogens with one attached hydrogen (secondary N) is 2. The highest BCUT2D eigenvalue weighted by atomic mass is 19.1. The van der Waals surface area contributed by atoms with Crippen LogP contribution in [0, 0.1) is 5.82 Å². The van der Waals surface area contributed by atoms with Crippen LogP contribution in [0.4, 0.5) is 10.1 Å². The number of carbonyl (C=O) groups excluding carboxylic acids is 2. The fourth-order valence-corrected chi connectivity index (χ4v) is 2.61. The van der Waals surface area contributed by atoms with Crippen LogP contribution < -0.4 is 10.9 Å². The van der Waals surface area contributed by atoms with Crippen LogP contribution in [0.25, 0.3) is 10.9 Å². The van der Waals surface area contributed by atoms with E-state index in [-0.39, 0.29) is 11.4 Å². The number of benzene rings is 1. The molecule has 0 radical (unpaired) electrons. The maximum absolute atomic E-state index is 13.3. The molecule has 0 fully saturated rings. The van der Waals surface area contributed by atoms with Gasteiger partial charge in [0.25, 0.3) is 11.5 Å². The Morgan fingerprint density at radius 2 is 2.04 bits per heavy atom. The Kier molecular flexibility index (Phi) is 4.57. The van der Waals surface area contributed by atoms with Gasteiger partial charge in [-0.15, -0.1) is 0 Å². The van der Waals surface area contributed by atoms with Crippen molar-refractivity contribution in [3.63, 3.8) is 0 Å². The van der Waals surface area contributed by atoms with Gasteiger partial charge in [-0.1, -0.05) is 0 Å². The van der Waals surface area contributed by atoms with E-state index in [0.29, 0.717) is 10.9 Å². The van der Waals surface area contributed by atoms with E-state index in [0.717, 1.165) is 0 Å². The third-order valence-corrected chi connectivity index (χ3v) is 4.01. The molecule has 0 saturated carbocycles. The van der Waals surface area contributed by atoms with Gasteiger partial charge in [-0.2, -0.15) is 0 Å². The summed E-state index contributed by atoms with van der Waals surface area (Å²) in [6, 6.07) is 7.74. The Labute approximate surface area is 147 Å². The Bertz CT molecular complexity index is 1050. The molecule has 2 heterocycles. The number of hydrogen-bond acceptors (Lipinski definition) is 4. The summed E-state index contributed by atoms with van der Waals surface area (Å²) < 4.78 is 19.1. The SMILES string of the molecule is COC(=O)C(C)n1cccc(NC(=O)c2cc3cc(F)ccc3[nH]2)c1=O. The number of aromatic amines is 1. The highest BCUT2D eigenvalue weighted by Crippen LogP contribution is 2.17. The summed E-state index contributed by atoms with van der Waals surface area (Å²) in [5.74, 6) is -1.54. The van der Waals surface area contributed by atoms with E-state index in [1.807, 2.05) is 0 Å². The number of carbonyl (C=O) groups is 2. The van der Waals surface area contributed by atoms with E-state index in [2.05, 4.69) is 15.0 Å². The third-order valence-electron chi connectivity index (χ3n) is 4.01. The molecule has 2 aromatic heterocycles. The standard InChI is InChI=1S/C18H16FN3O4/c1-10(18(25)26-2)22-7-3-4-14(17(22)24)21-16(23)15-9-11-8-12(19)5-6-13(11)20-15/h3-10,20H,1-2H3,(H,21,23). The predicted molar refractivity (Wildman–Crippen MR) is 93.6 cm³/mol. The first kappa shape index (κ1) is 17.4. The maximum Gasteiger partial charge on any atom is 0.328 e. The number of amides is 1. The maximum atomic E-state index is 13.3. The van der Waals surface area contributed by atoms with E-state index in [4.69, 9.17) is 0 Å². The summed E-state index contributed by atoms with van der Waals surface area (Å²) in [4.78, 5) is 39.4. The quantitative estimate of drug-likeness (QED) is 0.702. The fraction of sp³-hybridized carbons (Fsp3) is 0.167. The number of fused-ring (bicyclic) bond motifs is 1. The smallest absolute Gasteiger partial charge is 0.328 e. The van der Waals surface area contributed by atoms with Crippen molar-refractivity contribution in [1.29, 1.82) is 0 Å². The zero-order valence-electron chi connectivity index (χ0n) is 14.1. The molecule has 0 saturated heterocycles. The molecule has 1 atom stereocenters. The van der Waals surface area contributed by atoms with Crippen LogP contribution in [0.5, 0.6) is 0 Å². The van der Waals surface area contributed by atoms with Crippen LogP contribution in [0.2, 0.25) is 0 Å². The Morgan fingerprint density at radius 1 is 1.27 bits per heavy atom. The molecule has 0 aliphatic carbocycles. The van der Waals surface area contributed by atoms with E-state index in [9.17, 15) is 18.8 Å². The minimum Gasteiger partial charge on any atom is -0.467 e. The summed E-state index contributed by atoms with van der Waals surface area (Å²) in [6.45, 7) is 1.52. The number of methoxy groups -OCH3 is 1. The summed E-state index contributed by atoms with van der Waals surface area (Å²) in [5.41, 5.74) is 0.252. The second-order valence-corrected chi connectivity index (χ2v) is 5.70. The number of anilines is 1. The average molecular weight is 357 g/mol. The summed E-state index contributed by atoms with van der Waals surface area (Å²) in [5, 5.41) is 3.05.